The second-order valence-electron chi connectivity index (χ2n) is 4.80. The zero-order valence-electron chi connectivity index (χ0n) is 11.2. The highest BCUT2D eigenvalue weighted by Crippen LogP contribution is 2.37. The molecule has 2 aromatic rings. The van der Waals surface area contributed by atoms with Crippen LogP contribution in [0, 0.1) is 11.3 Å². The number of aliphatic hydroxyl groups excluding tert-OH is 2. The summed E-state index contributed by atoms with van der Waals surface area (Å²) in [4.78, 5) is 3.19. The van der Waals surface area contributed by atoms with Gasteiger partial charge in [-0.15, -0.1) is 0 Å². The molecule has 0 atom stereocenters. The molecule has 1 aromatic heterocycles. The number of aliphatic hydroxyl groups is 2. The quantitative estimate of drug-likeness (QED) is 0.750. The van der Waals surface area contributed by atoms with Crippen molar-refractivity contribution in [3.8, 4) is 6.07 Å². The fourth-order valence-electron chi connectivity index (χ4n) is 2.71. The second kappa shape index (κ2) is 6.38. The molecular formula is C16H18N2O2. The van der Waals surface area contributed by atoms with Gasteiger partial charge < -0.3 is 15.2 Å². The Bertz CT molecular complexity index is 562. The second-order valence-corrected chi connectivity index (χ2v) is 4.80. The predicted molar refractivity (Wildman–Crippen MR) is 76.1 cm³/mol. The Kier molecular flexibility index (Phi) is 4.57. The minimum atomic E-state index is -0.457. The lowest BCUT2D eigenvalue weighted by Gasteiger charge is -2.33. The van der Waals surface area contributed by atoms with E-state index in [1.807, 2.05) is 30.5 Å². The minimum Gasteiger partial charge on any atom is -0.396 e. The van der Waals surface area contributed by atoms with Gasteiger partial charge >= 0.3 is 0 Å². The van der Waals surface area contributed by atoms with Crippen LogP contribution in [0.3, 0.4) is 0 Å². The van der Waals surface area contributed by atoms with E-state index in [4.69, 9.17) is 5.26 Å². The van der Waals surface area contributed by atoms with Crippen molar-refractivity contribution in [2.45, 2.75) is 18.3 Å². The van der Waals surface area contributed by atoms with Gasteiger partial charge in [-0.05, 0) is 42.7 Å². The average Bonchev–Trinajstić information content (AvgIpc) is 3.02. The predicted octanol–water partition coefficient (Wildman–Crippen LogP) is 1.94. The summed E-state index contributed by atoms with van der Waals surface area (Å²) in [5, 5.41) is 27.8. The van der Waals surface area contributed by atoms with Gasteiger partial charge in [-0.3, -0.25) is 0 Å². The van der Waals surface area contributed by atoms with Crippen LogP contribution in [-0.2, 0) is 5.41 Å². The summed E-state index contributed by atoms with van der Waals surface area (Å²) in [6.45, 7) is 0.0536. The topological polar surface area (TPSA) is 80.0 Å². The molecular weight excluding hydrogens is 252 g/mol. The molecule has 0 fully saturated rings. The van der Waals surface area contributed by atoms with Crippen molar-refractivity contribution >= 4 is 0 Å². The van der Waals surface area contributed by atoms with E-state index < -0.39 is 5.41 Å². The number of H-pyrrole nitrogens is 1. The molecule has 20 heavy (non-hydrogen) atoms. The zero-order chi connectivity index (χ0) is 14.4. The molecule has 0 radical (unpaired) electrons. The van der Waals surface area contributed by atoms with Crippen LogP contribution in [0.2, 0.25) is 0 Å². The first-order valence-electron chi connectivity index (χ1n) is 6.63. The van der Waals surface area contributed by atoms with Crippen LogP contribution in [0.1, 0.15) is 29.7 Å². The average molecular weight is 270 g/mol. The van der Waals surface area contributed by atoms with Crippen LogP contribution in [-0.4, -0.2) is 28.4 Å². The summed E-state index contributed by atoms with van der Waals surface area (Å²) in [6.07, 6.45) is 2.86. The summed E-state index contributed by atoms with van der Waals surface area (Å²) < 4.78 is 0. The molecule has 0 aliphatic heterocycles. The molecule has 0 aliphatic rings. The monoisotopic (exact) mass is 270 g/mol. The van der Waals surface area contributed by atoms with E-state index in [1.165, 1.54) is 0 Å². The summed E-state index contributed by atoms with van der Waals surface area (Å²) in [5.41, 5.74) is 2.09. The van der Waals surface area contributed by atoms with Crippen molar-refractivity contribution in [2.24, 2.45) is 0 Å². The van der Waals surface area contributed by atoms with Gasteiger partial charge in [0.15, 0.2) is 0 Å². The fraction of sp³-hybridized carbons (Fsp3) is 0.312. The third-order valence-corrected chi connectivity index (χ3v) is 3.76. The van der Waals surface area contributed by atoms with E-state index in [2.05, 4.69) is 11.1 Å². The molecule has 0 spiro atoms. The molecule has 3 N–H and O–H groups in total. The lowest BCUT2D eigenvalue weighted by atomic mass is 9.72. The van der Waals surface area contributed by atoms with Gasteiger partial charge in [0.2, 0.25) is 0 Å². The van der Waals surface area contributed by atoms with Gasteiger partial charge in [-0.1, -0.05) is 12.1 Å². The maximum atomic E-state index is 9.44. The molecule has 0 aliphatic carbocycles. The number of rotatable bonds is 6. The third-order valence-electron chi connectivity index (χ3n) is 3.76. The summed E-state index contributed by atoms with van der Waals surface area (Å²) in [7, 11) is 0. The van der Waals surface area contributed by atoms with Crippen molar-refractivity contribution < 1.29 is 10.2 Å². The maximum absolute atomic E-state index is 9.44. The highest BCUT2D eigenvalue weighted by Gasteiger charge is 2.34. The minimum absolute atomic E-state index is 0.0268. The SMILES string of the molecule is N#Cc1ccc(C(CCO)(CCO)c2ccc[nH]2)cc1. The number of nitrogens with zero attached hydrogens (tertiary/aromatic N) is 1. The van der Waals surface area contributed by atoms with Gasteiger partial charge in [0.05, 0.1) is 11.6 Å². The summed E-state index contributed by atoms with van der Waals surface area (Å²) in [5.74, 6) is 0. The summed E-state index contributed by atoms with van der Waals surface area (Å²) in [6, 6.07) is 13.3. The molecule has 4 heteroatoms. The number of aromatic amines is 1. The lowest BCUT2D eigenvalue weighted by molar-refractivity contribution is 0.208. The molecule has 0 saturated heterocycles. The van der Waals surface area contributed by atoms with E-state index in [0.717, 1.165) is 11.3 Å². The van der Waals surface area contributed by atoms with Crippen LogP contribution in [0.15, 0.2) is 42.6 Å². The van der Waals surface area contributed by atoms with E-state index in [9.17, 15) is 10.2 Å². The highest BCUT2D eigenvalue weighted by molar-refractivity contribution is 5.40. The Hall–Kier alpha value is -2.09. The van der Waals surface area contributed by atoms with Crippen molar-refractivity contribution in [1.82, 2.24) is 4.98 Å². The fourth-order valence-corrected chi connectivity index (χ4v) is 2.71. The lowest BCUT2D eigenvalue weighted by Crippen LogP contribution is -2.31. The van der Waals surface area contributed by atoms with Crippen LogP contribution < -0.4 is 0 Å². The van der Waals surface area contributed by atoms with Gasteiger partial charge in [0.1, 0.15) is 0 Å². The zero-order valence-corrected chi connectivity index (χ0v) is 11.2. The number of aromatic nitrogens is 1. The first-order chi connectivity index (χ1) is 9.76. The van der Waals surface area contributed by atoms with Gasteiger partial charge in [-0.25, -0.2) is 0 Å². The molecule has 0 amide bonds. The first-order valence-corrected chi connectivity index (χ1v) is 6.63. The molecule has 0 bridgehead atoms. The van der Waals surface area contributed by atoms with Gasteiger partial charge in [0, 0.05) is 30.5 Å². The molecule has 1 heterocycles. The number of hydrogen-bond acceptors (Lipinski definition) is 3. The third kappa shape index (κ3) is 2.60. The van der Waals surface area contributed by atoms with E-state index >= 15 is 0 Å². The van der Waals surface area contributed by atoms with E-state index in [0.29, 0.717) is 18.4 Å². The first kappa shape index (κ1) is 14.3. The molecule has 104 valence electrons. The molecule has 0 unspecified atom stereocenters. The van der Waals surface area contributed by atoms with Crippen molar-refractivity contribution in [2.75, 3.05) is 13.2 Å². The number of nitriles is 1. The normalized spacial score (nSPS) is 11.2. The largest absolute Gasteiger partial charge is 0.396 e. The number of hydrogen-bond donors (Lipinski definition) is 3. The van der Waals surface area contributed by atoms with Crippen LogP contribution in [0.4, 0.5) is 0 Å². The van der Waals surface area contributed by atoms with Crippen LogP contribution >= 0.6 is 0 Å². The van der Waals surface area contributed by atoms with Gasteiger partial charge in [-0.2, -0.15) is 5.26 Å². The van der Waals surface area contributed by atoms with Gasteiger partial charge in [0.25, 0.3) is 0 Å². The van der Waals surface area contributed by atoms with Crippen molar-refractivity contribution in [3.63, 3.8) is 0 Å². The Morgan fingerprint density at radius 3 is 2.15 bits per heavy atom. The molecule has 1 aromatic carbocycles. The Morgan fingerprint density at radius 1 is 1.05 bits per heavy atom. The number of nitrogens with one attached hydrogen (secondary N) is 1. The number of benzene rings is 1. The summed E-state index contributed by atoms with van der Waals surface area (Å²) >= 11 is 0. The smallest absolute Gasteiger partial charge is 0.0991 e. The Labute approximate surface area is 118 Å². The standard InChI is InChI=1S/C16H18N2O2/c17-12-13-3-5-14(6-4-13)16(7-10-19,8-11-20)15-2-1-9-18-15/h1-6,9,18-20H,7-8,10-11H2. The maximum Gasteiger partial charge on any atom is 0.0991 e. The molecule has 0 saturated carbocycles. The van der Waals surface area contributed by atoms with Crippen LogP contribution in [0.5, 0.6) is 0 Å². The van der Waals surface area contributed by atoms with Crippen molar-refractivity contribution in [1.29, 1.82) is 5.26 Å². The van der Waals surface area contributed by atoms with Crippen LogP contribution in [0.25, 0.3) is 0 Å². The molecule has 2 rings (SSSR count). The molecule has 4 nitrogen and oxygen atoms in total. The van der Waals surface area contributed by atoms with E-state index in [1.54, 1.807) is 12.1 Å². The van der Waals surface area contributed by atoms with E-state index in [-0.39, 0.29) is 13.2 Å². The van der Waals surface area contributed by atoms with Crippen molar-refractivity contribution in [3.05, 3.63) is 59.4 Å². The Morgan fingerprint density at radius 2 is 1.70 bits per heavy atom. The Balaban J connectivity index is 2.51. The highest BCUT2D eigenvalue weighted by atomic mass is 16.3.